The molecule has 0 unspecified atom stereocenters. The van der Waals surface area contributed by atoms with E-state index in [9.17, 15) is 13.2 Å². The molecule has 2 aromatic heterocycles. The van der Waals surface area contributed by atoms with Gasteiger partial charge in [0.2, 0.25) is 15.9 Å². The molecule has 1 aromatic carbocycles. The van der Waals surface area contributed by atoms with Gasteiger partial charge in [-0.05, 0) is 44.7 Å². The highest BCUT2D eigenvalue weighted by Gasteiger charge is 2.33. The number of nitrogens with one attached hydrogen (secondary N) is 1. The summed E-state index contributed by atoms with van der Waals surface area (Å²) in [4.78, 5) is 12.8. The van der Waals surface area contributed by atoms with Gasteiger partial charge in [0.15, 0.2) is 5.76 Å². The van der Waals surface area contributed by atoms with Crippen molar-refractivity contribution in [1.29, 1.82) is 0 Å². The van der Waals surface area contributed by atoms with Gasteiger partial charge in [-0.2, -0.15) is 9.40 Å². The number of rotatable bonds is 7. The van der Waals surface area contributed by atoms with Crippen LogP contribution in [0.1, 0.15) is 37.6 Å². The number of anilines is 1. The first-order valence-corrected chi connectivity index (χ1v) is 12.5. The first-order chi connectivity index (χ1) is 15.8. The molecule has 176 valence electrons. The van der Waals surface area contributed by atoms with Crippen LogP contribution in [0.4, 0.5) is 5.69 Å². The molecule has 1 saturated heterocycles. The fraction of sp³-hybridized carbons (Fsp3) is 0.435. The Bertz CT molecular complexity index is 1230. The van der Waals surface area contributed by atoms with E-state index in [1.165, 1.54) is 0 Å². The molecule has 3 aromatic rings. The van der Waals surface area contributed by atoms with Crippen molar-refractivity contribution in [3.8, 4) is 11.3 Å². The highest BCUT2D eigenvalue weighted by atomic mass is 32.2. The van der Waals surface area contributed by atoms with E-state index in [1.54, 1.807) is 41.2 Å². The lowest BCUT2D eigenvalue weighted by Crippen LogP contribution is -2.38. The maximum Gasteiger partial charge on any atom is 0.246 e. The Hall–Kier alpha value is -2.98. The molecule has 1 aliphatic heterocycles. The molecule has 0 saturated carbocycles. The van der Waals surface area contributed by atoms with Gasteiger partial charge in [-0.25, -0.2) is 8.42 Å². The van der Waals surface area contributed by atoms with Gasteiger partial charge in [0.05, 0.1) is 24.1 Å². The maximum absolute atomic E-state index is 13.2. The van der Waals surface area contributed by atoms with Crippen LogP contribution >= 0.6 is 0 Å². The molecule has 10 heteroatoms. The minimum Gasteiger partial charge on any atom is -0.356 e. The Morgan fingerprint density at radius 1 is 1.21 bits per heavy atom. The van der Waals surface area contributed by atoms with Gasteiger partial charge in [0.1, 0.15) is 4.90 Å². The summed E-state index contributed by atoms with van der Waals surface area (Å²) < 4.78 is 34.8. The normalized spacial score (nSPS) is 15.6. The highest BCUT2D eigenvalue weighted by molar-refractivity contribution is 7.89. The average Bonchev–Trinajstić information content (AvgIpc) is 3.41. The number of aromatic nitrogens is 3. The number of carbonyl (C=O) groups excluding carboxylic acids is 1. The van der Waals surface area contributed by atoms with Crippen LogP contribution in [-0.2, 0) is 21.4 Å². The third-order valence-electron chi connectivity index (χ3n) is 6.07. The van der Waals surface area contributed by atoms with Gasteiger partial charge < -0.3 is 9.84 Å². The lowest BCUT2D eigenvalue weighted by Gasteiger charge is -2.29. The number of amides is 1. The van der Waals surface area contributed by atoms with E-state index >= 15 is 0 Å². The summed E-state index contributed by atoms with van der Waals surface area (Å²) in [6.07, 6.45) is 3.46. The Morgan fingerprint density at radius 3 is 2.67 bits per heavy atom. The molecule has 1 amide bonds. The molecule has 1 fully saturated rings. The summed E-state index contributed by atoms with van der Waals surface area (Å²) in [5, 5.41) is 11.0. The van der Waals surface area contributed by atoms with Crippen LogP contribution in [0.3, 0.4) is 0 Å². The van der Waals surface area contributed by atoms with Crippen LogP contribution in [0, 0.1) is 19.8 Å². The van der Waals surface area contributed by atoms with Gasteiger partial charge in [0, 0.05) is 36.8 Å². The van der Waals surface area contributed by atoms with Crippen molar-refractivity contribution < 1.29 is 17.7 Å². The molecular formula is C23H29N5O4S. The van der Waals surface area contributed by atoms with E-state index in [1.807, 2.05) is 18.2 Å². The van der Waals surface area contributed by atoms with Gasteiger partial charge >= 0.3 is 0 Å². The molecular weight excluding hydrogens is 442 g/mol. The maximum atomic E-state index is 13.2. The molecule has 0 bridgehead atoms. The Kier molecular flexibility index (Phi) is 6.66. The topological polar surface area (TPSA) is 110 Å². The van der Waals surface area contributed by atoms with Crippen LogP contribution in [-0.4, -0.2) is 46.7 Å². The van der Waals surface area contributed by atoms with E-state index in [0.29, 0.717) is 41.8 Å². The van der Waals surface area contributed by atoms with Crippen LogP contribution in [0.15, 0.2) is 45.9 Å². The fourth-order valence-electron chi connectivity index (χ4n) is 4.17. The third kappa shape index (κ3) is 5.01. The van der Waals surface area contributed by atoms with Gasteiger partial charge in [0.25, 0.3) is 0 Å². The van der Waals surface area contributed by atoms with E-state index in [2.05, 4.69) is 22.5 Å². The summed E-state index contributed by atoms with van der Waals surface area (Å²) in [5.74, 6) is 0.966. The van der Waals surface area contributed by atoms with Gasteiger partial charge in [-0.15, -0.1) is 0 Å². The number of hydrogen-bond donors (Lipinski definition) is 1. The smallest absolute Gasteiger partial charge is 0.246 e. The minimum atomic E-state index is -3.60. The highest BCUT2D eigenvalue weighted by Crippen LogP contribution is 2.28. The molecule has 1 N–H and O–H groups in total. The fourth-order valence-corrected chi connectivity index (χ4v) is 6.01. The number of sulfonamides is 1. The van der Waals surface area contributed by atoms with Crippen LogP contribution in [0.5, 0.6) is 0 Å². The van der Waals surface area contributed by atoms with Crippen LogP contribution < -0.4 is 5.32 Å². The van der Waals surface area contributed by atoms with Crippen molar-refractivity contribution in [1.82, 2.24) is 19.2 Å². The Morgan fingerprint density at radius 2 is 1.97 bits per heavy atom. The summed E-state index contributed by atoms with van der Waals surface area (Å²) in [6.45, 7) is 6.95. The first kappa shape index (κ1) is 23.2. The van der Waals surface area contributed by atoms with E-state index < -0.39 is 10.0 Å². The van der Waals surface area contributed by atoms with Gasteiger partial charge in [-0.1, -0.05) is 24.2 Å². The van der Waals surface area contributed by atoms with Crippen molar-refractivity contribution in [2.75, 3.05) is 18.4 Å². The van der Waals surface area contributed by atoms with Crippen molar-refractivity contribution in [3.63, 3.8) is 0 Å². The molecule has 4 rings (SSSR count). The molecule has 3 heterocycles. The second kappa shape index (κ2) is 9.48. The predicted molar refractivity (Wildman–Crippen MR) is 124 cm³/mol. The number of aryl methyl sites for hydroxylation is 2. The largest absolute Gasteiger partial charge is 0.356 e. The molecule has 0 radical (unpaired) electrons. The molecule has 9 nitrogen and oxygen atoms in total. The van der Waals surface area contributed by atoms with E-state index in [0.717, 1.165) is 18.4 Å². The summed E-state index contributed by atoms with van der Waals surface area (Å²) in [5.41, 5.74) is 2.48. The summed E-state index contributed by atoms with van der Waals surface area (Å²) in [7, 11) is -3.60. The number of piperidine rings is 1. The summed E-state index contributed by atoms with van der Waals surface area (Å²) in [6, 6.07) is 9.06. The van der Waals surface area contributed by atoms with Crippen molar-refractivity contribution >= 4 is 21.6 Å². The number of hydrogen-bond acceptors (Lipinski definition) is 6. The zero-order chi connectivity index (χ0) is 23.6. The molecule has 0 atom stereocenters. The quantitative estimate of drug-likeness (QED) is 0.564. The lowest BCUT2D eigenvalue weighted by atomic mass is 10.0. The third-order valence-corrected chi connectivity index (χ3v) is 8.23. The second-order valence-corrected chi connectivity index (χ2v) is 10.4. The first-order valence-electron chi connectivity index (χ1n) is 11.1. The monoisotopic (exact) mass is 471 g/mol. The standard InChI is InChI=1S/C23H29N5O4S/c1-16-8-12-27(13-9-16)33(30,31)23-17(2)26-28(18(23)3)14-10-22(29)25-20-6-4-5-19(15-20)21-7-11-24-32-21/h4-7,11,15-16H,8-10,12-14H2,1-3H3,(H,25,29). The Balaban J connectivity index is 1.42. The zero-order valence-corrected chi connectivity index (χ0v) is 19.9. The Labute approximate surface area is 193 Å². The van der Waals surface area contributed by atoms with Crippen LogP contribution in [0.2, 0.25) is 0 Å². The van der Waals surface area contributed by atoms with Crippen molar-refractivity contribution in [3.05, 3.63) is 47.9 Å². The zero-order valence-electron chi connectivity index (χ0n) is 19.1. The lowest BCUT2D eigenvalue weighted by molar-refractivity contribution is -0.116. The van der Waals surface area contributed by atoms with Crippen LogP contribution in [0.25, 0.3) is 11.3 Å². The molecule has 0 aliphatic carbocycles. The van der Waals surface area contributed by atoms with Crippen molar-refractivity contribution in [2.45, 2.75) is 51.5 Å². The number of nitrogens with zero attached hydrogens (tertiary/aromatic N) is 4. The van der Waals surface area contributed by atoms with E-state index in [-0.39, 0.29) is 23.8 Å². The average molecular weight is 472 g/mol. The van der Waals surface area contributed by atoms with Crippen molar-refractivity contribution in [2.24, 2.45) is 5.92 Å². The molecule has 0 spiro atoms. The number of carbonyl (C=O) groups is 1. The minimum absolute atomic E-state index is 0.162. The second-order valence-electron chi connectivity index (χ2n) is 8.57. The SMILES string of the molecule is Cc1nn(CCC(=O)Nc2cccc(-c3ccno3)c2)c(C)c1S(=O)(=O)N1CCC(C)CC1. The predicted octanol–water partition coefficient (Wildman–Crippen LogP) is 3.60. The molecule has 1 aliphatic rings. The van der Waals surface area contributed by atoms with Gasteiger partial charge in [-0.3, -0.25) is 9.48 Å². The molecule has 33 heavy (non-hydrogen) atoms. The number of benzene rings is 1. The summed E-state index contributed by atoms with van der Waals surface area (Å²) >= 11 is 0. The van der Waals surface area contributed by atoms with E-state index in [4.69, 9.17) is 4.52 Å².